The number of rotatable bonds is 10. The molecule has 0 saturated carbocycles. The number of imide groups is 2. The topological polar surface area (TPSA) is 120 Å². The average molecular weight is 672 g/mol. The summed E-state index contributed by atoms with van der Waals surface area (Å²) in [7, 11) is 2.80. The molecular weight excluding hydrogens is 644 g/mol. The SMILES string of the molecule is COC(=O)c1ccc(N2C(=O)NC(=O)/C(=C/c3cc(Br)ccc3OCc3ccc(OCc4ccccc4)c(OC)c3)C2=O)cc1. The molecule has 5 rings (SSSR count). The van der Waals surface area contributed by atoms with Crippen molar-refractivity contribution in [3.8, 4) is 17.2 Å². The Balaban J connectivity index is 1.35. The van der Waals surface area contributed by atoms with Crippen LogP contribution in [0, 0.1) is 0 Å². The number of ether oxygens (including phenoxy) is 4. The summed E-state index contributed by atoms with van der Waals surface area (Å²) in [5.41, 5.74) is 2.36. The summed E-state index contributed by atoms with van der Waals surface area (Å²) in [5, 5.41) is 2.20. The van der Waals surface area contributed by atoms with Gasteiger partial charge in [0.1, 0.15) is 24.5 Å². The van der Waals surface area contributed by atoms with E-state index >= 15 is 0 Å². The van der Waals surface area contributed by atoms with Gasteiger partial charge in [0, 0.05) is 10.0 Å². The quantitative estimate of drug-likeness (QED) is 0.123. The summed E-state index contributed by atoms with van der Waals surface area (Å²) in [5.74, 6) is -0.746. The summed E-state index contributed by atoms with van der Waals surface area (Å²) < 4.78 is 23.0. The lowest BCUT2D eigenvalue weighted by atomic mass is 10.1. The number of halogens is 1. The fourth-order valence-corrected chi connectivity index (χ4v) is 4.87. The Morgan fingerprint density at radius 1 is 0.800 bits per heavy atom. The second kappa shape index (κ2) is 13.9. The van der Waals surface area contributed by atoms with Gasteiger partial charge in [0.2, 0.25) is 0 Å². The van der Waals surface area contributed by atoms with Crippen molar-refractivity contribution in [2.24, 2.45) is 0 Å². The van der Waals surface area contributed by atoms with E-state index in [-0.39, 0.29) is 23.4 Å². The van der Waals surface area contributed by atoms with Gasteiger partial charge in [-0.05, 0) is 71.8 Å². The lowest BCUT2D eigenvalue weighted by Gasteiger charge is -2.26. The maximum absolute atomic E-state index is 13.5. The number of hydrogen-bond acceptors (Lipinski definition) is 8. The van der Waals surface area contributed by atoms with Gasteiger partial charge in [0.25, 0.3) is 11.8 Å². The van der Waals surface area contributed by atoms with E-state index in [1.54, 1.807) is 31.4 Å². The normalized spacial score (nSPS) is 13.8. The zero-order valence-electron chi connectivity index (χ0n) is 24.2. The van der Waals surface area contributed by atoms with Crippen molar-refractivity contribution >= 4 is 51.5 Å². The van der Waals surface area contributed by atoms with Crippen molar-refractivity contribution in [3.05, 3.63) is 123 Å². The first-order valence-corrected chi connectivity index (χ1v) is 14.4. The number of esters is 1. The molecule has 228 valence electrons. The van der Waals surface area contributed by atoms with Crippen LogP contribution in [0.5, 0.6) is 17.2 Å². The Hall–Kier alpha value is -5.42. The molecule has 0 spiro atoms. The van der Waals surface area contributed by atoms with Crippen LogP contribution in [0.15, 0.2) is 101 Å². The molecule has 1 aliphatic heterocycles. The lowest BCUT2D eigenvalue weighted by molar-refractivity contribution is -0.122. The second-order valence-electron chi connectivity index (χ2n) is 9.73. The number of hydrogen-bond donors (Lipinski definition) is 1. The minimum atomic E-state index is -0.913. The number of benzene rings is 4. The van der Waals surface area contributed by atoms with Crippen LogP contribution in [0.4, 0.5) is 10.5 Å². The van der Waals surface area contributed by atoms with Gasteiger partial charge in [0.15, 0.2) is 11.5 Å². The van der Waals surface area contributed by atoms with Crippen molar-refractivity contribution in [2.45, 2.75) is 13.2 Å². The van der Waals surface area contributed by atoms with E-state index < -0.39 is 23.8 Å². The molecule has 0 aliphatic carbocycles. The van der Waals surface area contributed by atoms with E-state index in [0.29, 0.717) is 33.9 Å². The summed E-state index contributed by atoms with van der Waals surface area (Å²) in [6, 6.07) is 25.2. The molecule has 1 aliphatic rings. The summed E-state index contributed by atoms with van der Waals surface area (Å²) in [4.78, 5) is 51.5. The largest absolute Gasteiger partial charge is 0.493 e. The van der Waals surface area contributed by atoms with E-state index in [4.69, 9.17) is 18.9 Å². The Morgan fingerprint density at radius 3 is 2.20 bits per heavy atom. The van der Waals surface area contributed by atoms with Gasteiger partial charge in [-0.15, -0.1) is 0 Å². The highest BCUT2D eigenvalue weighted by atomic mass is 79.9. The molecule has 1 heterocycles. The molecule has 11 heteroatoms. The monoisotopic (exact) mass is 670 g/mol. The Labute approximate surface area is 267 Å². The fraction of sp³-hybridized carbons (Fsp3) is 0.118. The number of carbonyl (C=O) groups excluding carboxylic acids is 4. The van der Waals surface area contributed by atoms with Gasteiger partial charge in [-0.3, -0.25) is 14.9 Å². The molecule has 0 atom stereocenters. The molecule has 45 heavy (non-hydrogen) atoms. The first kappa shape index (κ1) is 31.0. The molecule has 0 bridgehead atoms. The van der Waals surface area contributed by atoms with Crippen LogP contribution in [0.25, 0.3) is 6.08 Å². The maximum atomic E-state index is 13.5. The predicted molar refractivity (Wildman–Crippen MR) is 169 cm³/mol. The molecule has 1 fully saturated rings. The van der Waals surface area contributed by atoms with Crippen molar-refractivity contribution in [2.75, 3.05) is 19.1 Å². The smallest absolute Gasteiger partial charge is 0.337 e. The van der Waals surface area contributed by atoms with E-state index in [1.165, 1.54) is 37.5 Å². The van der Waals surface area contributed by atoms with Crippen molar-refractivity contribution in [1.29, 1.82) is 0 Å². The van der Waals surface area contributed by atoms with E-state index in [9.17, 15) is 19.2 Å². The molecule has 4 aromatic carbocycles. The van der Waals surface area contributed by atoms with Crippen LogP contribution >= 0.6 is 15.9 Å². The molecular formula is C34H27BrN2O8. The first-order valence-electron chi connectivity index (χ1n) is 13.6. The predicted octanol–water partition coefficient (Wildman–Crippen LogP) is 6.07. The molecule has 4 amide bonds. The van der Waals surface area contributed by atoms with Crippen molar-refractivity contribution in [1.82, 2.24) is 5.32 Å². The van der Waals surface area contributed by atoms with Crippen LogP contribution in [0.3, 0.4) is 0 Å². The third kappa shape index (κ3) is 7.22. The van der Waals surface area contributed by atoms with Gasteiger partial charge < -0.3 is 18.9 Å². The van der Waals surface area contributed by atoms with Gasteiger partial charge >= 0.3 is 12.0 Å². The third-order valence-corrected chi connectivity index (χ3v) is 7.27. The number of nitrogens with zero attached hydrogens (tertiary/aromatic N) is 1. The van der Waals surface area contributed by atoms with Gasteiger partial charge in [0.05, 0.1) is 25.5 Å². The van der Waals surface area contributed by atoms with Crippen LogP contribution in [0.2, 0.25) is 0 Å². The Bertz CT molecular complexity index is 1790. The zero-order valence-corrected chi connectivity index (χ0v) is 25.8. The molecule has 0 radical (unpaired) electrons. The fourth-order valence-electron chi connectivity index (χ4n) is 4.49. The van der Waals surface area contributed by atoms with Crippen LogP contribution < -0.4 is 24.4 Å². The Kier molecular flexibility index (Phi) is 9.59. The van der Waals surface area contributed by atoms with Crippen LogP contribution in [0.1, 0.15) is 27.0 Å². The maximum Gasteiger partial charge on any atom is 0.337 e. The number of carbonyl (C=O) groups is 4. The number of barbiturate groups is 1. The molecule has 0 aromatic heterocycles. The molecule has 0 unspecified atom stereocenters. The van der Waals surface area contributed by atoms with Crippen LogP contribution in [-0.4, -0.2) is 38.0 Å². The highest BCUT2D eigenvalue weighted by molar-refractivity contribution is 9.10. The standard InChI is InChI=1S/C34H27BrN2O8/c1-42-30-16-22(8-14-29(30)45-19-21-6-4-3-5-7-21)20-44-28-15-11-25(35)17-24(28)18-27-31(38)36-34(41)37(32(27)39)26-12-9-23(10-13-26)33(40)43-2/h3-18H,19-20H2,1-2H3,(H,36,38,41)/b27-18-. The number of nitrogens with one attached hydrogen (secondary N) is 1. The molecule has 1 saturated heterocycles. The third-order valence-electron chi connectivity index (χ3n) is 6.78. The first-order chi connectivity index (χ1) is 21.8. The summed E-state index contributed by atoms with van der Waals surface area (Å²) in [6.07, 6.45) is 1.36. The number of amides is 4. The van der Waals surface area contributed by atoms with Crippen molar-refractivity contribution < 1.29 is 38.1 Å². The van der Waals surface area contributed by atoms with E-state index in [1.807, 2.05) is 42.5 Å². The summed E-state index contributed by atoms with van der Waals surface area (Å²) >= 11 is 3.43. The molecule has 10 nitrogen and oxygen atoms in total. The Morgan fingerprint density at radius 2 is 1.49 bits per heavy atom. The lowest BCUT2D eigenvalue weighted by Crippen LogP contribution is -2.54. The minimum Gasteiger partial charge on any atom is -0.493 e. The number of methoxy groups -OCH3 is 2. The summed E-state index contributed by atoms with van der Waals surface area (Å²) in [6.45, 7) is 0.530. The van der Waals surface area contributed by atoms with Crippen LogP contribution in [-0.2, 0) is 27.5 Å². The van der Waals surface area contributed by atoms with E-state index in [0.717, 1.165) is 16.0 Å². The van der Waals surface area contributed by atoms with Gasteiger partial charge in [-0.25, -0.2) is 14.5 Å². The highest BCUT2D eigenvalue weighted by Gasteiger charge is 2.37. The molecule has 1 N–H and O–H groups in total. The molecule has 4 aromatic rings. The van der Waals surface area contributed by atoms with Crippen molar-refractivity contribution in [3.63, 3.8) is 0 Å². The van der Waals surface area contributed by atoms with Gasteiger partial charge in [-0.2, -0.15) is 0 Å². The number of urea groups is 1. The zero-order chi connectivity index (χ0) is 31.9. The number of anilines is 1. The average Bonchev–Trinajstić information content (AvgIpc) is 3.05. The second-order valence-corrected chi connectivity index (χ2v) is 10.6. The van der Waals surface area contributed by atoms with E-state index in [2.05, 4.69) is 21.2 Å². The minimum absolute atomic E-state index is 0.143. The highest BCUT2D eigenvalue weighted by Crippen LogP contribution is 2.32. The van der Waals surface area contributed by atoms with Gasteiger partial charge in [-0.1, -0.05) is 52.3 Å².